The van der Waals surface area contributed by atoms with Gasteiger partial charge in [-0.15, -0.1) is 0 Å². The van der Waals surface area contributed by atoms with Crippen LogP contribution in [0.15, 0.2) is 0 Å². The van der Waals surface area contributed by atoms with Crippen molar-refractivity contribution in [2.75, 3.05) is 6.54 Å². The molecule has 5 N–H and O–H groups in total. The van der Waals surface area contributed by atoms with E-state index >= 15 is 0 Å². The van der Waals surface area contributed by atoms with Crippen LogP contribution in [0.4, 0.5) is 0 Å². The summed E-state index contributed by atoms with van der Waals surface area (Å²) in [5, 5.41) is 21.9. The van der Waals surface area contributed by atoms with Gasteiger partial charge in [-0.3, -0.25) is 19.2 Å². The molecule has 0 aliphatic carbocycles. The fraction of sp³-hybridized carbons (Fsp3) is 0.846. The van der Waals surface area contributed by atoms with E-state index in [0.717, 1.165) is 6.42 Å². The first-order valence-corrected chi connectivity index (χ1v) is 13.0. The van der Waals surface area contributed by atoms with Gasteiger partial charge in [0, 0.05) is 12.5 Å². The molecule has 9 heteroatoms. The molecule has 0 aromatic heterocycles. The van der Waals surface area contributed by atoms with Crippen LogP contribution in [0.1, 0.15) is 88.0 Å². The van der Waals surface area contributed by atoms with Crippen LogP contribution in [0.2, 0.25) is 0 Å². The van der Waals surface area contributed by atoms with E-state index in [1.165, 1.54) is 0 Å². The lowest BCUT2D eigenvalue weighted by Gasteiger charge is -2.30. The summed E-state index contributed by atoms with van der Waals surface area (Å²) in [4.78, 5) is 50.1. The zero-order valence-electron chi connectivity index (χ0n) is 23.2. The molecule has 0 heterocycles. The minimum atomic E-state index is -1.14. The minimum absolute atomic E-state index is 0.149. The van der Waals surface area contributed by atoms with Gasteiger partial charge in [0.25, 0.3) is 0 Å². The molecule has 0 saturated carbocycles. The van der Waals surface area contributed by atoms with Crippen molar-refractivity contribution in [3.63, 3.8) is 0 Å². The molecule has 9 nitrogen and oxygen atoms in total. The molecule has 0 rings (SSSR count). The van der Waals surface area contributed by atoms with Crippen molar-refractivity contribution in [3.8, 4) is 0 Å². The van der Waals surface area contributed by atoms with Crippen LogP contribution in [-0.4, -0.2) is 59.5 Å². The summed E-state index contributed by atoms with van der Waals surface area (Å²) in [6, 6.07) is -2.16. The second-order valence-electron chi connectivity index (χ2n) is 10.8. The number of carbonyl (C=O) groups excluding carboxylic acids is 4. The zero-order valence-corrected chi connectivity index (χ0v) is 23.2. The molecule has 0 aromatic carbocycles. The van der Waals surface area contributed by atoms with Gasteiger partial charge in [0.15, 0.2) is 0 Å². The summed E-state index contributed by atoms with van der Waals surface area (Å²) >= 11 is 0. The smallest absolute Gasteiger partial charge is 0.243 e. The third kappa shape index (κ3) is 13.5. The maximum atomic E-state index is 13.0. The number of amides is 4. The molecule has 1 unspecified atom stereocenters. The highest BCUT2D eigenvalue weighted by Crippen LogP contribution is 2.13. The quantitative estimate of drug-likeness (QED) is 0.222. The number of nitrogens with one attached hydrogen (secondary N) is 4. The van der Waals surface area contributed by atoms with E-state index in [1.807, 2.05) is 34.6 Å². The number of hydrogen-bond acceptors (Lipinski definition) is 5. The Morgan fingerprint density at radius 2 is 1.37 bits per heavy atom. The second-order valence-corrected chi connectivity index (χ2v) is 10.8. The lowest BCUT2D eigenvalue weighted by atomic mass is 9.95. The Morgan fingerprint density at radius 3 is 1.86 bits per heavy atom. The molecule has 0 aliphatic heterocycles. The first-order valence-electron chi connectivity index (χ1n) is 13.0. The Morgan fingerprint density at radius 1 is 0.771 bits per heavy atom. The van der Waals surface area contributed by atoms with E-state index in [9.17, 15) is 24.3 Å². The van der Waals surface area contributed by atoms with Crippen LogP contribution >= 0.6 is 0 Å². The maximum Gasteiger partial charge on any atom is 0.243 e. The van der Waals surface area contributed by atoms with Crippen molar-refractivity contribution in [1.82, 2.24) is 21.3 Å². The summed E-state index contributed by atoms with van der Waals surface area (Å²) in [5.41, 5.74) is 0. The second kappa shape index (κ2) is 16.5. The largest absolute Gasteiger partial charge is 0.390 e. The molecule has 5 atom stereocenters. The van der Waals surface area contributed by atoms with Gasteiger partial charge in [-0.05, 0) is 43.9 Å². The number of rotatable bonds is 16. The highest BCUT2D eigenvalue weighted by atomic mass is 16.3. The lowest BCUT2D eigenvalue weighted by Crippen LogP contribution is -2.56. The normalized spacial score (nSPS) is 15.8. The highest BCUT2D eigenvalue weighted by Gasteiger charge is 2.31. The van der Waals surface area contributed by atoms with Gasteiger partial charge in [-0.1, -0.05) is 55.4 Å². The Balaban J connectivity index is 5.12. The number of aliphatic hydroxyl groups excluding tert-OH is 1. The van der Waals surface area contributed by atoms with Gasteiger partial charge in [0.05, 0.1) is 18.6 Å². The summed E-state index contributed by atoms with van der Waals surface area (Å²) in [5.74, 6) is -1.10. The predicted molar refractivity (Wildman–Crippen MR) is 138 cm³/mol. The van der Waals surface area contributed by atoms with Crippen molar-refractivity contribution in [2.45, 2.75) is 112 Å². The first kappa shape index (κ1) is 32.8. The van der Waals surface area contributed by atoms with Gasteiger partial charge in [-0.25, -0.2) is 0 Å². The van der Waals surface area contributed by atoms with Gasteiger partial charge in [0.1, 0.15) is 12.1 Å². The fourth-order valence-electron chi connectivity index (χ4n) is 3.44. The van der Waals surface area contributed by atoms with Gasteiger partial charge in [-0.2, -0.15) is 0 Å². The van der Waals surface area contributed by atoms with E-state index in [0.29, 0.717) is 25.3 Å². The van der Waals surface area contributed by atoms with Crippen LogP contribution in [-0.2, 0) is 19.2 Å². The Bertz CT molecular complexity index is 681. The van der Waals surface area contributed by atoms with Crippen molar-refractivity contribution in [2.24, 2.45) is 23.7 Å². The summed E-state index contributed by atoms with van der Waals surface area (Å²) < 4.78 is 0. The van der Waals surface area contributed by atoms with Gasteiger partial charge < -0.3 is 26.4 Å². The van der Waals surface area contributed by atoms with Gasteiger partial charge in [0.2, 0.25) is 23.6 Å². The maximum absolute atomic E-state index is 13.0. The molecule has 0 bridgehead atoms. The Labute approximate surface area is 212 Å². The molecule has 0 saturated heterocycles. The zero-order chi connectivity index (χ0) is 27.3. The minimum Gasteiger partial charge on any atom is -0.390 e. The molecule has 204 valence electrons. The van der Waals surface area contributed by atoms with E-state index in [1.54, 1.807) is 13.8 Å². The van der Waals surface area contributed by atoms with Crippen LogP contribution in [0.25, 0.3) is 0 Å². The van der Waals surface area contributed by atoms with E-state index in [2.05, 4.69) is 35.1 Å². The third-order valence-electron chi connectivity index (χ3n) is 6.01. The topological polar surface area (TPSA) is 137 Å². The monoisotopic (exact) mass is 498 g/mol. The van der Waals surface area contributed by atoms with Crippen LogP contribution < -0.4 is 21.3 Å². The van der Waals surface area contributed by atoms with E-state index in [-0.39, 0.29) is 41.9 Å². The van der Waals surface area contributed by atoms with Crippen LogP contribution in [0.5, 0.6) is 0 Å². The molecular formula is C26H50N4O5. The molecular weight excluding hydrogens is 448 g/mol. The molecule has 0 aromatic rings. The molecule has 35 heavy (non-hydrogen) atoms. The van der Waals surface area contributed by atoms with Gasteiger partial charge >= 0.3 is 0 Å². The molecule has 0 aliphatic rings. The third-order valence-corrected chi connectivity index (χ3v) is 6.01. The molecule has 0 fully saturated rings. The predicted octanol–water partition coefficient (Wildman–Crippen LogP) is 2.12. The number of carbonyl (C=O) groups is 4. The average molecular weight is 499 g/mol. The highest BCUT2D eigenvalue weighted by molar-refractivity contribution is 5.89. The van der Waals surface area contributed by atoms with Crippen molar-refractivity contribution in [1.29, 1.82) is 0 Å². The average Bonchev–Trinajstić information content (AvgIpc) is 2.74. The number of hydrogen-bond donors (Lipinski definition) is 5. The molecule has 0 radical (unpaired) electrons. The lowest BCUT2D eigenvalue weighted by molar-refractivity contribution is -0.133. The van der Waals surface area contributed by atoms with Crippen molar-refractivity contribution in [3.05, 3.63) is 0 Å². The fourth-order valence-corrected chi connectivity index (χ4v) is 3.44. The standard InChI is InChI=1S/C26H50N4O5/c1-10-18(8)24(33)30-23(17(6)7)26(35)29-20(13-16(4)5)21(31)14-22(32)28-19(9)25(34)27-12-11-15(2)3/h15-21,23,31H,10-14H2,1-9H3,(H,27,34)(H,28,32)(H,29,35)(H,30,33)/t18?,19-,20-,21-,23-/m0/s1. The summed E-state index contributed by atoms with van der Waals surface area (Å²) in [7, 11) is 0. The number of aliphatic hydroxyl groups is 1. The first-order chi connectivity index (χ1) is 16.2. The van der Waals surface area contributed by atoms with Crippen molar-refractivity contribution < 1.29 is 24.3 Å². The SMILES string of the molecule is CCC(C)C(=O)N[C@H](C(=O)N[C@@H](CC(C)C)[C@@H](O)CC(=O)N[C@@H](C)C(=O)NCCC(C)C)C(C)C. The van der Waals surface area contributed by atoms with Crippen LogP contribution in [0, 0.1) is 23.7 Å². The molecule has 4 amide bonds. The molecule has 0 spiro atoms. The summed E-state index contributed by atoms with van der Waals surface area (Å²) in [6.07, 6.45) is 0.561. The van der Waals surface area contributed by atoms with E-state index in [4.69, 9.17) is 0 Å². The van der Waals surface area contributed by atoms with Crippen molar-refractivity contribution >= 4 is 23.6 Å². The summed E-state index contributed by atoms with van der Waals surface area (Å²) in [6.45, 7) is 17.6. The Hall–Kier alpha value is -2.16. The van der Waals surface area contributed by atoms with E-state index < -0.39 is 30.1 Å². The Kier molecular flexibility index (Phi) is 15.5. The van der Waals surface area contributed by atoms with Crippen LogP contribution in [0.3, 0.4) is 0 Å².